The van der Waals surface area contributed by atoms with Crippen LogP contribution >= 0.6 is 0 Å². The summed E-state index contributed by atoms with van der Waals surface area (Å²) in [5.74, 6) is -0.168. The van der Waals surface area contributed by atoms with Gasteiger partial charge in [-0.25, -0.2) is 4.79 Å². The number of phenolic OH excluding ortho intramolecular Hbond substituents is 2. The Bertz CT molecular complexity index is 1090. The maximum absolute atomic E-state index is 12.8. The number of fused-ring (bicyclic) bond motifs is 1. The molecule has 0 unspecified atom stereocenters. The summed E-state index contributed by atoms with van der Waals surface area (Å²) in [4.78, 5) is 23.7. The molecule has 1 heterocycles. The van der Waals surface area contributed by atoms with Crippen LogP contribution in [0.3, 0.4) is 0 Å². The van der Waals surface area contributed by atoms with E-state index in [1.807, 2.05) is 0 Å². The Labute approximate surface area is 148 Å². The van der Waals surface area contributed by atoms with Gasteiger partial charge in [-0.3, -0.25) is 4.79 Å². The standard InChI is InChI=1S/C19H12BO6/c1-3-11-14(20-2)17(23)16(22)13-12(8-26-18(11)13)15(21)9-4-6-10(7-5-9)19(24)25/h1,4-8,22-23H,2H3,(H,24,25). The molecule has 2 aromatic carbocycles. The molecule has 0 atom stereocenters. The van der Waals surface area contributed by atoms with E-state index in [1.165, 1.54) is 31.5 Å². The maximum atomic E-state index is 12.8. The van der Waals surface area contributed by atoms with Crippen molar-refractivity contribution in [1.82, 2.24) is 0 Å². The summed E-state index contributed by atoms with van der Waals surface area (Å²) in [7, 11) is 1.53. The zero-order chi connectivity index (χ0) is 19.0. The molecule has 3 N–H and O–H groups in total. The Morgan fingerprint density at radius 1 is 1.12 bits per heavy atom. The van der Waals surface area contributed by atoms with Crippen LogP contribution in [-0.4, -0.2) is 34.4 Å². The van der Waals surface area contributed by atoms with Gasteiger partial charge in [-0.15, -0.1) is 6.42 Å². The van der Waals surface area contributed by atoms with E-state index >= 15 is 0 Å². The van der Waals surface area contributed by atoms with Crippen LogP contribution in [0.5, 0.6) is 11.5 Å². The number of phenols is 2. The highest BCUT2D eigenvalue weighted by atomic mass is 16.4. The number of ketones is 1. The SMILES string of the molecule is C#Cc1c([B]C)c(O)c(O)c2c(C(=O)c3ccc(C(=O)O)cc3)coc12. The van der Waals surface area contributed by atoms with Gasteiger partial charge in [0.05, 0.1) is 22.1 Å². The van der Waals surface area contributed by atoms with Gasteiger partial charge in [-0.05, 0) is 17.6 Å². The summed E-state index contributed by atoms with van der Waals surface area (Å²) < 4.78 is 5.41. The number of benzene rings is 2. The number of rotatable bonds is 4. The molecule has 0 saturated carbocycles. The summed E-state index contributed by atoms with van der Waals surface area (Å²) in [5, 5.41) is 29.5. The highest BCUT2D eigenvalue weighted by Gasteiger charge is 2.25. The van der Waals surface area contributed by atoms with Crippen LogP contribution in [0.25, 0.3) is 11.0 Å². The molecule has 1 radical (unpaired) electrons. The molecule has 0 aliphatic carbocycles. The first-order valence-corrected chi connectivity index (χ1v) is 7.53. The molecule has 0 saturated heterocycles. The average molecular weight is 347 g/mol. The van der Waals surface area contributed by atoms with Crippen LogP contribution in [0.1, 0.15) is 31.8 Å². The second-order valence-corrected chi connectivity index (χ2v) is 5.48. The van der Waals surface area contributed by atoms with E-state index in [4.69, 9.17) is 15.9 Å². The number of carboxylic acid groups (broad SMARTS) is 1. The average Bonchev–Trinajstić information content (AvgIpc) is 3.08. The molecule has 6 nitrogen and oxygen atoms in total. The lowest BCUT2D eigenvalue weighted by Crippen LogP contribution is -2.16. The number of carboxylic acids is 1. The molecule has 3 aromatic rings. The van der Waals surface area contributed by atoms with Crippen molar-refractivity contribution >= 4 is 35.5 Å². The van der Waals surface area contributed by atoms with Gasteiger partial charge in [0.25, 0.3) is 0 Å². The monoisotopic (exact) mass is 347 g/mol. The Morgan fingerprint density at radius 3 is 2.27 bits per heavy atom. The zero-order valence-electron chi connectivity index (χ0n) is 13.6. The van der Waals surface area contributed by atoms with Crippen molar-refractivity contribution in [3.05, 3.63) is 52.8 Å². The van der Waals surface area contributed by atoms with Crippen LogP contribution in [0, 0.1) is 12.3 Å². The molecule has 7 heteroatoms. The topological polar surface area (TPSA) is 108 Å². The van der Waals surface area contributed by atoms with Crippen molar-refractivity contribution in [2.75, 3.05) is 0 Å². The van der Waals surface area contributed by atoms with Gasteiger partial charge in [0, 0.05) is 5.56 Å². The lowest BCUT2D eigenvalue weighted by atomic mass is 9.69. The van der Waals surface area contributed by atoms with Gasteiger partial charge >= 0.3 is 5.97 Å². The molecule has 0 bridgehead atoms. The van der Waals surface area contributed by atoms with Gasteiger partial charge in [-0.2, -0.15) is 0 Å². The highest BCUT2D eigenvalue weighted by Crippen LogP contribution is 2.38. The van der Waals surface area contributed by atoms with Crippen molar-refractivity contribution in [1.29, 1.82) is 0 Å². The number of aromatic carboxylic acids is 1. The molecule has 0 aliphatic rings. The number of carbonyl (C=O) groups excluding carboxylic acids is 1. The van der Waals surface area contributed by atoms with E-state index in [0.717, 1.165) is 6.26 Å². The lowest BCUT2D eigenvalue weighted by Gasteiger charge is -2.09. The Balaban J connectivity index is 2.20. The maximum Gasteiger partial charge on any atom is 0.335 e. The van der Waals surface area contributed by atoms with Gasteiger partial charge in [0.1, 0.15) is 6.26 Å². The van der Waals surface area contributed by atoms with Crippen molar-refractivity contribution in [2.45, 2.75) is 6.82 Å². The molecular formula is C19H12BO6. The number of hydrogen-bond acceptors (Lipinski definition) is 5. The molecule has 26 heavy (non-hydrogen) atoms. The minimum absolute atomic E-state index is 0.00774. The van der Waals surface area contributed by atoms with E-state index in [2.05, 4.69) is 5.92 Å². The molecular weight excluding hydrogens is 335 g/mol. The third kappa shape index (κ3) is 2.49. The summed E-state index contributed by atoms with van der Waals surface area (Å²) in [6.45, 7) is 1.64. The molecule has 0 fully saturated rings. The normalized spacial score (nSPS) is 10.5. The quantitative estimate of drug-likeness (QED) is 0.289. The fourth-order valence-electron chi connectivity index (χ4n) is 2.77. The van der Waals surface area contributed by atoms with Crippen molar-refractivity contribution in [3.63, 3.8) is 0 Å². The smallest absolute Gasteiger partial charge is 0.335 e. The van der Waals surface area contributed by atoms with Gasteiger partial charge in [0.2, 0.25) is 0 Å². The first-order valence-electron chi connectivity index (χ1n) is 7.53. The molecule has 0 spiro atoms. The largest absolute Gasteiger partial charge is 0.505 e. The van der Waals surface area contributed by atoms with Crippen LogP contribution in [-0.2, 0) is 0 Å². The van der Waals surface area contributed by atoms with Gasteiger partial charge < -0.3 is 19.7 Å². The third-order valence-electron chi connectivity index (χ3n) is 4.08. The first-order chi connectivity index (χ1) is 12.4. The van der Waals surface area contributed by atoms with E-state index in [9.17, 15) is 19.8 Å². The van der Waals surface area contributed by atoms with Gasteiger partial charge in [0.15, 0.2) is 30.1 Å². The number of aromatic hydroxyl groups is 2. The molecule has 0 amide bonds. The fourth-order valence-corrected chi connectivity index (χ4v) is 2.77. The Kier molecular flexibility index (Phi) is 4.19. The number of carbonyl (C=O) groups is 2. The second kappa shape index (κ2) is 6.33. The molecule has 3 rings (SSSR count). The van der Waals surface area contributed by atoms with Crippen molar-refractivity contribution in [2.24, 2.45) is 0 Å². The van der Waals surface area contributed by atoms with E-state index in [0.29, 0.717) is 0 Å². The number of furan rings is 1. The Hall–Kier alpha value is -3.66. The predicted octanol–water partition coefficient (Wildman–Crippen LogP) is 2.13. The van der Waals surface area contributed by atoms with E-state index < -0.39 is 23.3 Å². The van der Waals surface area contributed by atoms with E-state index in [1.54, 1.807) is 6.82 Å². The minimum Gasteiger partial charge on any atom is -0.505 e. The fraction of sp³-hybridized carbons (Fsp3) is 0.0526. The van der Waals surface area contributed by atoms with Crippen molar-refractivity contribution in [3.8, 4) is 23.8 Å². The predicted molar refractivity (Wildman–Crippen MR) is 95.6 cm³/mol. The summed E-state index contributed by atoms with van der Waals surface area (Å²) >= 11 is 0. The lowest BCUT2D eigenvalue weighted by molar-refractivity contribution is 0.0696. The zero-order valence-corrected chi connectivity index (χ0v) is 13.6. The highest BCUT2D eigenvalue weighted by molar-refractivity contribution is 6.55. The van der Waals surface area contributed by atoms with Gasteiger partial charge in [-0.1, -0.05) is 24.9 Å². The first kappa shape index (κ1) is 17.2. The Morgan fingerprint density at radius 2 is 1.73 bits per heavy atom. The van der Waals surface area contributed by atoms with Crippen LogP contribution in [0.15, 0.2) is 34.9 Å². The number of hydrogen-bond donors (Lipinski definition) is 3. The van der Waals surface area contributed by atoms with E-state index in [-0.39, 0.29) is 38.7 Å². The summed E-state index contributed by atoms with van der Waals surface area (Å²) in [5.41, 5.74) is 0.813. The molecule has 127 valence electrons. The number of terminal acetylenes is 1. The summed E-state index contributed by atoms with van der Waals surface area (Å²) in [6.07, 6.45) is 6.64. The molecule has 0 aliphatic heterocycles. The molecule has 1 aromatic heterocycles. The van der Waals surface area contributed by atoms with Crippen molar-refractivity contribution < 1.29 is 29.3 Å². The third-order valence-corrected chi connectivity index (χ3v) is 4.08. The summed E-state index contributed by atoms with van der Waals surface area (Å²) in [6, 6.07) is 5.31. The van der Waals surface area contributed by atoms with Crippen LogP contribution in [0.2, 0.25) is 6.82 Å². The minimum atomic E-state index is -1.11. The van der Waals surface area contributed by atoms with Crippen LogP contribution in [0.4, 0.5) is 0 Å². The second-order valence-electron chi connectivity index (χ2n) is 5.48. The van der Waals surface area contributed by atoms with Crippen LogP contribution < -0.4 is 5.46 Å².